The molecule has 1 aliphatic heterocycles. The SMILES string of the molecule is CN1C(=O)N(c2ccc(Cl)cc2)[C@@](C)(O)CC1(C)C. The molecule has 0 saturated carbocycles. The average molecular weight is 283 g/mol. The van der Waals surface area contributed by atoms with Gasteiger partial charge in [0.05, 0.1) is 0 Å². The first-order chi connectivity index (χ1) is 8.65. The molecule has 0 bridgehead atoms. The molecule has 1 heterocycles. The lowest BCUT2D eigenvalue weighted by Crippen LogP contribution is -2.67. The number of hydrogen-bond acceptors (Lipinski definition) is 2. The van der Waals surface area contributed by atoms with Crippen molar-refractivity contribution in [1.29, 1.82) is 0 Å². The molecule has 1 N–H and O–H groups in total. The van der Waals surface area contributed by atoms with Crippen LogP contribution in [0, 0.1) is 0 Å². The number of halogens is 1. The molecule has 1 fully saturated rings. The summed E-state index contributed by atoms with van der Waals surface area (Å²) in [5.74, 6) is 0. The van der Waals surface area contributed by atoms with Gasteiger partial charge in [0.15, 0.2) is 0 Å². The highest BCUT2D eigenvalue weighted by atomic mass is 35.5. The molecule has 4 nitrogen and oxygen atoms in total. The molecule has 104 valence electrons. The fourth-order valence-electron chi connectivity index (χ4n) is 2.61. The lowest BCUT2D eigenvalue weighted by molar-refractivity contribution is -0.0182. The standard InChI is InChI=1S/C14H19ClN2O2/c1-13(2)9-14(3,19)17(12(18)16(13)4)11-7-5-10(15)6-8-11/h5-8,19H,9H2,1-4H3/t14-/m0/s1. The molecule has 1 aromatic rings. The normalized spacial score (nSPS) is 26.7. The Kier molecular flexibility index (Phi) is 3.27. The summed E-state index contributed by atoms with van der Waals surface area (Å²) in [6, 6.07) is 6.67. The van der Waals surface area contributed by atoms with Crippen LogP contribution in [0.5, 0.6) is 0 Å². The highest BCUT2D eigenvalue weighted by Gasteiger charge is 2.48. The average Bonchev–Trinajstić information content (AvgIpc) is 2.27. The van der Waals surface area contributed by atoms with Crippen LogP contribution in [-0.2, 0) is 0 Å². The minimum absolute atomic E-state index is 0.219. The Morgan fingerprint density at radius 1 is 1.21 bits per heavy atom. The number of carbonyl (C=O) groups excluding carboxylic acids is 1. The first kappa shape index (κ1) is 14.2. The van der Waals surface area contributed by atoms with E-state index >= 15 is 0 Å². The number of anilines is 1. The predicted molar refractivity (Wildman–Crippen MR) is 76.4 cm³/mol. The quantitative estimate of drug-likeness (QED) is 0.860. The van der Waals surface area contributed by atoms with Crippen molar-refractivity contribution in [1.82, 2.24) is 4.90 Å². The Hall–Kier alpha value is -1.26. The van der Waals surface area contributed by atoms with Crippen molar-refractivity contribution in [3.05, 3.63) is 29.3 Å². The molecule has 0 aliphatic carbocycles. The van der Waals surface area contributed by atoms with Crippen molar-refractivity contribution in [2.24, 2.45) is 0 Å². The van der Waals surface area contributed by atoms with Crippen molar-refractivity contribution in [2.45, 2.75) is 38.5 Å². The van der Waals surface area contributed by atoms with Gasteiger partial charge in [0.1, 0.15) is 5.72 Å². The van der Waals surface area contributed by atoms with Gasteiger partial charge in [0.25, 0.3) is 0 Å². The first-order valence-corrected chi connectivity index (χ1v) is 6.59. The summed E-state index contributed by atoms with van der Waals surface area (Å²) in [6.45, 7) is 5.55. The fraction of sp³-hybridized carbons (Fsp3) is 0.500. The van der Waals surface area contributed by atoms with E-state index in [0.29, 0.717) is 17.1 Å². The van der Waals surface area contributed by atoms with Crippen molar-refractivity contribution < 1.29 is 9.90 Å². The third-order valence-electron chi connectivity index (χ3n) is 3.72. The summed E-state index contributed by atoms with van der Waals surface area (Å²) < 4.78 is 0. The Morgan fingerprint density at radius 2 is 1.74 bits per heavy atom. The van der Waals surface area contributed by atoms with E-state index in [1.54, 1.807) is 43.1 Å². The monoisotopic (exact) mass is 282 g/mol. The lowest BCUT2D eigenvalue weighted by atomic mass is 9.88. The first-order valence-electron chi connectivity index (χ1n) is 6.21. The third kappa shape index (κ3) is 2.42. The molecular formula is C14H19ClN2O2. The van der Waals surface area contributed by atoms with Crippen LogP contribution in [0.3, 0.4) is 0 Å². The van der Waals surface area contributed by atoms with Gasteiger partial charge in [0, 0.05) is 29.7 Å². The second-order valence-corrected chi connectivity index (χ2v) is 6.30. The van der Waals surface area contributed by atoms with Gasteiger partial charge in [-0.15, -0.1) is 0 Å². The van der Waals surface area contributed by atoms with Gasteiger partial charge in [-0.25, -0.2) is 4.79 Å². The Bertz CT molecular complexity index is 497. The van der Waals surface area contributed by atoms with Crippen LogP contribution < -0.4 is 4.90 Å². The summed E-state index contributed by atoms with van der Waals surface area (Å²) in [7, 11) is 1.75. The molecule has 2 amide bonds. The number of hydrogen-bond donors (Lipinski definition) is 1. The highest BCUT2D eigenvalue weighted by Crippen LogP contribution is 2.38. The van der Waals surface area contributed by atoms with Gasteiger partial charge in [-0.05, 0) is 45.0 Å². The summed E-state index contributed by atoms with van der Waals surface area (Å²) >= 11 is 5.86. The van der Waals surface area contributed by atoms with Crippen LogP contribution in [-0.4, -0.2) is 34.3 Å². The summed E-state index contributed by atoms with van der Waals surface area (Å²) in [5, 5.41) is 11.2. The number of benzene rings is 1. The second kappa shape index (κ2) is 4.39. The molecule has 0 unspecified atom stereocenters. The van der Waals surface area contributed by atoms with E-state index in [9.17, 15) is 9.90 Å². The zero-order valence-corrected chi connectivity index (χ0v) is 12.4. The molecule has 2 rings (SSSR count). The fourth-order valence-corrected chi connectivity index (χ4v) is 2.74. The van der Waals surface area contributed by atoms with Crippen LogP contribution in [0.4, 0.5) is 10.5 Å². The minimum atomic E-state index is -1.22. The van der Waals surface area contributed by atoms with Crippen LogP contribution in [0.25, 0.3) is 0 Å². The van der Waals surface area contributed by atoms with E-state index in [1.807, 2.05) is 13.8 Å². The van der Waals surface area contributed by atoms with Gasteiger partial charge < -0.3 is 10.0 Å². The van der Waals surface area contributed by atoms with Crippen LogP contribution in [0.1, 0.15) is 27.2 Å². The number of rotatable bonds is 1. The minimum Gasteiger partial charge on any atom is -0.371 e. The van der Waals surface area contributed by atoms with Crippen molar-refractivity contribution in [3.63, 3.8) is 0 Å². The van der Waals surface area contributed by atoms with Crippen molar-refractivity contribution in [2.75, 3.05) is 11.9 Å². The number of aliphatic hydroxyl groups is 1. The van der Waals surface area contributed by atoms with E-state index in [4.69, 9.17) is 11.6 Å². The molecule has 5 heteroatoms. The third-order valence-corrected chi connectivity index (χ3v) is 3.97. The van der Waals surface area contributed by atoms with Gasteiger partial charge in [-0.2, -0.15) is 0 Å². The predicted octanol–water partition coefficient (Wildman–Crippen LogP) is 3.09. The molecule has 0 spiro atoms. The van der Waals surface area contributed by atoms with E-state index in [-0.39, 0.29) is 11.6 Å². The van der Waals surface area contributed by atoms with Crippen molar-refractivity contribution in [3.8, 4) is 0 Å². The molecule has 0 radical (unpaired) electrons. The second-order valence-electron chi connectivity index (χ2n) is 5.86. The maximum atomic E-state index is 12.5. The number of carbonyl (C=O) groups is 1. The van der Waals surface area contributed by atoms with E-state index in [2.05, 4.69) is 0 Å². The number of nitrogens with zero attached hydrogens (tertiary/aromatic N) is 2. The van der Waals surface area contributed by atoms with Gasteiger partial charge in [-0.1, -0.05) is 11.6 Å². The van der Waals surface area contributed by atoms with Gasteiger partial charge in [-0.3, -0.25) is 4.90 Å². The lowest BCUT2D eigenvalue weighted by Gasteiger charge is -2.52. The van der Waals surface area contributed by atoms with Gasteiger partial charge in [0.2, 0.25) is 0 Å². The van der Waals surface area contributed by atoms with E-state index in [1.165, 1.54) is 4.90 Å². The summed E-state index contributed by atoms with van der Waals surface area (Å²) in [6.07, 6.45) is 0.463. The zero-order chi connectivity index (χ0) is 14.4. The molecule has 19 heavy (non-hydrogen) atoms. The highest BCUT2D eigenvalue weighted by molar-refractivity contribution is 6.30. The molecule has 1 aromatic carbocycles. The summed E-state index contributed by atoms with van der Waals surface area (Å²) in [5.41, 5.74) is -0.966. The molecule has 1 atom stereocenters. The molecule has 1 saturated heterocycles. The molecule has 0 aromatic heterocycles. The number of urea groups is 1. The topological polar surface area (TPSA) is 43.8 Å². The Morgan fingerprint density at radius 3 is 2.26 bits per heavy atom. The van der Waals surface area contributed by atoms with Gasteiger partial charge >= 0.3 is 6.03 Å². The van der Waals surface area contributed by atoms with E-state index < -0.39 is 5.72 Å². The smallest absolute Gasteiger partial charge is 0.327 e. The molecular weight excluding hydrogens is 264 g/mol. The maximum Gasteiger partial charge on any atom is 0.327 e. The summed E-state index contributed by atoms with van der Waals surface area (Å²) in [4.78, 5) is 15.6. The largest absolute Gasteiger partial charge is 0.371 e. The zero-order valence-electron chi connectivity index (χ0n) is 11.6. The van der Waals surface area contributed by atoms with Crippen molar-refractivity contribution >= 4 is 23.3 Å². The Labute approximate surface area is 118 Å². The molecule has 1 aliphatic rings. The van der Waals surface area contributed by atoms with Crippen LogP contribution in [0.2, 0.25) is 5.02 Å². The maximum absolute atomic E-state index is 12.5. The Balaban J connectivity index is 2.44. The number of amides is 2. The van der Waals surface area contributed by atoms with E-state index in [0.717, 1.165) is 0 Å². The van der Waals surface area contributed by atoms with Crippen LogP contribution >= 0.6 is 11.6 Å². The van der Waals surface area contributed by atoms with Crippen LogP contribution in [0.15, 0.2) is 24.3 Å².